The highest BCUT2D eigenvalue weighted by atomic mass is 35.5. The molecule has 1 aromatic heterocycles. The molecule has 3 aromatic rings. The minimum atomic E-state index is -0.0923. The molecule has 0 bridgehead atoms. The normalized spacial score (nSPS) is 14.7. The monoisotopic (exact) mass is 469 g/mol. The lowest BCUT2D eigenvalue weighted by Crippen LogP contribution is -2.39. The number of benzene rings is 2. The minimum Gasteiger partial charge on any atom is -0.341 e. The van der Waals surface area contributed by atoms with Crippen LogP contribution in [0.15, 0.2) is 53.6 Å². The number of nitrogens with zero attached hydrogens (tertiary/aromatic N) is 2. The first-order valence-electron chi connectivity index (χ1n) is 10.9. The SMILES string of the molecule is Cc1ccc(NC(=O)CSc2cn(CC(=O)N3CCC(C)CC3)c3ccccc23)cc1Cl. The average Bonchev–Trinajstić information content (AvgIpc) is 3.13. The van der Waals surface area contributed by atoms with Crippen LogP contribution in [0.5, 0.6) is 0 Å². The number of para-hydroxylation sites is 1. The summed E-state index contributed by atoms with van der Waals surface area (Å²) in [4.78, 5) is 28.3. The van der Waals surface area contributed by atoms with Gasteiger partial charge in [-0.25, -0.2) is 0 Å². The van der Waals surface area contributed by atoms with Gasteiger partial charge in [-0.1, -0.05) is 42.8 Å². The van der Waals surface area contributed by atoms with E-state index >= 15 is 0 Å². The lowest BCUT2D eigenvalue weighted by molar-refractivity contribution is -0.133. The molecule has 2 heterocycles. The molecule has 0 radical (unpaired) electrons. The topological polar surface area (TPSA) is 54.3 Å². The molecule has 32 heavy (non-hydrogen) atoms. The van der Waals surface area contributed by atoms with E-state index in [4.69, 9.17) is 11.6 Å². The summed E-state index contributed by atoms with van der Waals surface area (Å²) in [7, 11) is 0. The number of fused-ring (bicyclic) bond motifs is 1. The highest BCUT2D eigenvalue weighted by Gasteiger charge is 2.21. The number of hydrogen-bond donors (Lipinski definition) is 1. The van der Waals surface area contributed by atoms with Crippen molar-refractivity contribution in [1.29, 1.82) is 0 Å². The van der Waals surface area contributed by atoms with Crippen LogP contribution >= 0.6 is 23.4 Å². The van der Waals surface area contributed by atoms with Gasteiger partial charge in [0.1, 0.15) is 6.54 Å². The molecule has 1 N–H and O–H groups in total. The van der Waals surface area contributed by atoms with Crippen LogP contribution in [0.2, 0.25) is 5.02 Å². The zero-order chi connectivity index (χ0) is 22.7. The summed E-state index contributed by atoms with van der Waals surface area (Å²) < 4.78 is 2.01. The number of hydrogen-bond acceptors (Lipinski definition) is 3. The van der Waals surface area contributed by atoms with Crippen molar-refractivity contribution in [3.8, 4) is 0 Å². The Morgan fingerprint density at radius 3 is 2.66 bits per heavy atom. The Labute approximate surface area is 198 Å². The zero-order valence-corrected chi connectivity index (χ0v) is 20.0. The number of halogens is 1. The number of likely N-dealkylation sites (tertiary alicyclic amines) is 1. The Morgan fingerprint density at radius 2 is 1.91 bits per heavy atom. The van der Waals surface area contributed by atoms with Gasteiger partial charge in [-0.2, -0.15) is 0 Å². The molecule has 0 spiro atoms. The number of carbonyl (C=O) groups is 2. The molecule has 5 nitrogen and oxygen atoms in total. The van der Waals surface area contributed by atoms with Gasteiger partial charge >= 0.3 is 0 Å². The first-order chi connectivity index (χ1) is 15.4. The summed E-state index contributed by atoms with van der Waals surface area (Å²) in [5.41, 5.74) is 2.68. The number of carbonyl (C=O) groups excluding carboxylic acids is 2. The van der Waals surface area contributed by atoms with Gasteiger partial charge in [-0.15, -0.1) is 11.8 Å². The number of piperidine rings is 1. The maximum Gasteiger partial charge on any atom is 0.242 e. The zero-order valence-electron chi connectivity index (χ0n) is 18.4. The van der Waals surface area contributed by atoms with Crippen molar-refractivity contribution in [2.45, 2.75) is 38.1 Å². The van der Waals surface area contributed by atoms with Gasteiger partial charge in [0.2, 0.25) is 11.8 Å². The van der Waals surface area contributed by atoms with Crippen molar-refractivity contribution in [2.24, 2.45) is 5.92 Å². The molecule has 1 aliphatic rings. The number of rotatable bonds is 6. The molecule has 2 amide bonds. The fourth-order valence-electron chi connectivity index (χ4n) is 3.97. The van der Waals surface area contributed by atoms with Gasteiger partial charge in [0, 0.05) is 45.8 Å². The molecular weight excluding hydrogens is 442 g/mol. The molecule has 0 unspecified atom stereocenters. The number of thioether (sulfide) groups is 1. The molecular formula is C25H28ClN3O2S. The van der Waals surface area contributed by atoms with Crippen LogP contribution in [-0.2, 0) is 16.1 Å². The second kappa shape index (κ2) is 10.0. The van der Waals surface area contributed by atoms with E-state index in [0.29, 0.717) is 23.2 Å². The van der Waals surface area contributed by atoms with Crippen LogP contribution in [0, 0.1) is 12.8 Å². The smallest absolute Gasteiger partial charge is 0.242 e. The number of nitrogens with one attached hydrogen (secondary N) is 1. The van der Waals surface area contributed by atoms with Gasteiger partial charge < -0.3 is 14.8 Å². The second-order valence-electron chi connectivity index (χ2n) is 8.50. The van der Waals surface area contributed by atoms with Crippen LogP contribution in [0.1, 0.15) is 25.3 Å². The third kappa shape index (κ3) is 5.30. The molecule has 2 aromatic carbocycles. The van der Waals surface area contributed by atoms with Crippen molar-refractivity contribution >= 4 is 51.8 Å². The highest BCUT2D eigenvalue weighted by Crippen LogP contribution is 2.30. The van der Waals surface area contributed by atoms with Crippen molar-refractivity contribution in [3.05, 3.63) is 59.2 Å². The quantitative estimate of drug-likeness (QED) is 0.478. The van der Waals surface area contributed by atoms with Crippen molar-refractivity contribution in [3.63, 3.8) is 0 Å². The lowest BCUT2D eigenvalue weighted by Gasteiger charge is -2.30. The Hall–Kier alpha value is -2.44. The molecule has 168 valence electrons. The van der Waals surface area contributed by atoms with E-state index in [1.54, 1.807) is 6.07 Å². The summed E-state index contributed by atoms with van der Waals surface area (Å²) in [6, 6.07) is 13.5. The number of aryl methyl sites for hydroxylation is 1. The van der Waals surface area contributed by atoms with Crippen LogP contribution in [0.4, 0.5) is 5.69 Å². The van der Waals surface area contributed by atoms with Crippen LogP contribution in [-0.4, -0.2) is 40.1 Å². The molecule has 7 heteroatoms. The summed E-state index contributed by atoms with van der Waals surface area (Å²) in [6.07, 6.45) is 4.14. The molecule has 1 aliphatic heterocycles. The highest BCUT2D eigenvalue weighted by molar-refractivity contribution is 8.00. The van der Waals surface area contributed by atoms with E-state index in [2.05, 4.69) is 12.2 Å². The molecule has 4 rings (SSSR count). The maximum absolute atomic E-state index is 12.9. The van der Waals surface area contributed by atoms with E-state index in [1.165, 1.54) is 11.8 Å². The Kier molecular flexibility index (Phi) is 7.11. The average molecular weight is 470 g/mol. The fraction of sp³-hybridized carbons (Fsp3) is 0.360. The van der Waals surface area contributed by atoms with E-state index in [1.807, 2.05) is 59.0 Å². The van der Waals surface area contributed by atoms with Crippen molar-refractivity contribution < 1.29 is 9.59 Å². The number of anilines is 1. The largest absolute Gasteiger partial charge is 0.341 e. The third-order valence-electron chi connectivity index (χ3n) is 6.01. The lowest BCUT2D eigenvalue weighted by atomic mass is 9.99. The van der Waals surface area contributed by atoms with Gasteiger partial charge in [-0.05, 0) is 49.4 Å². The Morgan fingerprint density at radius 1 is 1.16 bits per heavy atom. The second-order valence-corrected chi connectivity index (χ2v) is 9.93. The summed E-state index contributed by atoms with van der Waals surface area (Å²) in [5, 5.41) is 4.59. The molecule has 0 aliphatic carbocycles. The van der Waals surface area contributed by atoms with Crippen LogP contribution < -0.4 is 5.32 Å². The Balaban J connectivity index is 1.43. The standard InChI is InChI=1S/C25H28ClN3O2S/c1-17-9-11-28(12-10-17)25(31)15-29-14-23(20-5-3-4-6-22(20)29)32-16-24(30)27-19-8-7-18(2)21(26)13-19/h3-8,13-14,17H,9-12,15-16H2,1-2H3,(H,27,30). The van der Waals surface area contributed by atoms with Gasteiger partial charge in [0.15, 0.2) is 0 Å². The molecule has 0 atom stereocenters. The van der Waals surface area contributed by atoms with Crippen molar-refractivity contribution in [1.82, 2.24) is 9.47 Å². The Bertz CT molecular complexity index is 1140. The number of amides is 2. The minimum absolute atomic E-state index is 0.0923. The fourth-order valence-corrected chi connectivity index (χ4v) is 5.04. The van der Waals surface area contributed by atoms with E-state index in [9.17, 15) is 9.59 Å². The first-order valence-corrected chi connectivity index (χ1v) is 12.3. The van der Waals surface area contributed by atoms with E-state index in [-0.39, 0.29) is 17.6 Å². The summed E-state index contributed by atoms with van der Waals surface area (Å²) in [5.74, 6) is 1.03. The number of aromatic nitrogens is 1. The van der Waals surface area contributed by atoms with Gasteiger partial charge in [-0.3, -0.25) is 9.59 Å². The summed E-state index contributed by atoms with van der Waals surface area (Å²) >= 11 is 7.63. The predicted octanol–water partition coefficient (Wildman–Crippen LogP) is 5.59. The predicted molar refractivity (Wildman–Crippen MR) is 132 cm³/mol. The third-order valence-corrected chi connectivity index (χ3v) is 7.46. The van der Waals surface area contributed by atoms with Crippen molar-refractivity contribution in [2.75, 3.05) is 24.2 Å². The molecule has 1 fully saturated rings. The van der Waals surface area contributed by atoms with Gasteiger partial charge in [0.05, 0.1) is 5.75 Å². The first kappa shape index (κ1) is 22.7. The van der Waals surface area contributed by atoms with Gasteiger partial charge in [0.25, 0.3) is 0 Å². The maximum atomic E-state index is 12.9. The van der Waals surface area contributed by atoms with E-state index in [0.717, 1.165) is 47.3 Å². The van der Waals surface area contributed by atoms with Crippen LogP contribution in [0.3, 0.4) is 0 Å². The summed E-state index contributed by atoms with van der Waals surface area (Å²) in [6.45, 7) is 6.17. The van der Waals surface area contributed by atoms with E-state index < -0.39 is 0 Å². The molecule has 0 saturated carbocycles. The van der Waals surface area contributed by atoms with Crippen LogP contribution in [0.25, 0.3) is 10.9 Å². The molecule has 1 saturated heterocycles.